The predicted octanol–water partition coefficient (Wildman–Crippen LogP) is 6.13. The first-order valence-electron chi connectivity index (χ1n) is 11.6. The van der Waals surface area contributed by atoms with Crippen molar-refractivity contribution >= 4 is 29.5 Å². The highest BCUT2D eigenvalue weighted by atomic mass is 16.6. The average molecular weight is 495 g/mol. The number of carbonyl (C=O) groups excluding carboxylic acids is 2. The molecular formula is C27H34N4O5. The molecule has 36 heavy (non-hydrogen) atoms. The van der Waals surface area contributed by atoms with Gasteiger partial charge in [-0.05, 0) is 63.4 Å². The molecule has 9 heteroatoms. The van der Waals surface area contributed by atoms with Gasteiger partial charge in [0.15, 0.2) is 0 Å². The molecule has 4 N–H and O–H groups in total. The number of pyridine rings is 1. The molecule has 9 nitrogen and oxygen atoms in total. The lowest BCUT2D eigenvalue weighted by Crippen LogP contribution is -2.35. The Bertz CT molecular complexity index is 1120. The van der Waals surface area contributed by atoms with Gasteiger partial charge in [0.25, 0.3) is 0 Å². The van der Waals surface area contributed by atoms with Crippen LogP contribution in [0.3, 0.4) is 0 Å². The Labute approximate surface area is 211 Å². The van der Waals surface area contributed by atoms with E-state index in [4.69, 9.17) is 9.84 Å². The van der Waals surface area contributed by atoms with E-state index in [1.165, 1.54) is 0 Å². The van der Waals surface area contributed by atoms with E-state index < -0.39 is 29.7 Å². The molecule has 0 bridgehead atoms. The van der Waals surface area contributed by atoms with Crippen molar-refractivity contribution in [1.82, 2.24) is 10.3 Å². The molecule has 0 spiro atoms. The molecule has 0 saturated carbocycles. The van der Waals surface area contributed by atoms with Crippen molar-refractivity contribution in [2.24, 2.45) is 5.92 Å². The maximum Gasteiger partial charge on any atom is 0.409 e. The SMILES string of the molecule is C=CC[C@H](NC(=O)OC(C)(C)C)c1cc(-c2ccc(NC(=O)O)cc2NC(=O)C(C=C)CC)ccn1. The van der Waals surface area contributed by atoms with Crippen molar-refractivity contribution in [2.45, 2.75) is 52.2 Å². The van der Waals surface area contributed by atoms with Crippen LogP contribution in [0, 0.1) is 5.92 Å². The summed E-state index contributed by atoms with van der Waals surface area (Å²) in [5.74, 6) is -0.663. The van der Waals surface area contributed by atoms with E-state index in [2.05, 4.69) is 34.1 Å². The molecule has 0 saturated heterocycles. The van der Waals surface area contributed by atoms with Crippen LogP contribution in [0.1, 0.15) is 52.3 Å². The van der Waals surface area contributed by atoms with Crippen LogP contribution in [-0.4, -0.2) is 33.8 Å². The summed E-state index contributed by atoms with van der Waals surface area (Å²) in [5.41, 5.74) is 2.00. The van der Waals surface area contributed by atoms with Gasteiger partial charge < -0.3 is 20.5 Å². The van der Waals surface area contributed by atoms with Gasteiger partial charge >= 0.3 is 12.2 Å². The van der Waals surface area contributed by atoms with Crippen molar-refractivity contribution in [1.29, 1.82) is 0 Å². The minimum Gasteiger partial charge on any atom is -0.465 e. The highest BCUT2D eigenvalue weighted by Gasteiger charge is 2.22. The van der Waals surface area contributed by atoms with Crippen molar-refractivity contribution in [2.75, 3.05) is 10.6 Å². The van der Waals surface area contributed by atoms with Gasteiger partial charge in [-0.15, -0.1) is 13.2 Å². The fourth-order valence-corrected chi connectivity index (χ4v) is 3.46. The Kier molecular flexibility index (Phi) is 9.78. The lowest BCUT2D eigenvalue weighted by atomic mass is 9.99. The van der Waals surface area contributed by atoms with Crippen LogP contribution in [0.4, 0.5) is 21.0 Å². The number of nitrogens with zero attached hydrogens (tertiary/aromatic N) is 1. The summed E-state index contributed by atoms with van der Waals surface area (Å²) in [6.45, 7) is 14.7. The summed E-state index contributed by atoms with van der Waals surface area (Å²) < 4.78 is 5.38. The van der Waals surface area contributed by atoms with E-state index in [1.807, 2.05) is 6.92 Å². The summed E-state index contributed by atoms with van der Waals surface area (Å²) >= 11 is 0. The summed E-state index contributed by atoms with van der Waals surface area (Å²) in [5, 5.41) is 17.1. The zero-order valence-electron chi connectivity index (χ0n) is 21.1. The Morgan fingerprint density at radius 2 is 1.86 bits per heavy atom. The smallest absolute Gasteiger partial charge is 0.409 e. The third-order valence-electron chi connectivity index (χ3n) is 5.13. The third-order valence-corrected chi connectivity index (χ3v) is 5.13. The maximum atomic E-state index is 12.8. The molecule has 1 heterocycles. The summed E-state index contributed by atoms with van der Waals surface area (Å²) in [6.07, 6.45) is 4.04. The molecule has 3 amide bonds. The standard InChI is InChI=1S/C27H34N4O5/c1-7-10-21(31-26(35)36-27(4,5)6)23-15-18(13-14-28-23)20-12-11-19(29-25(33)34)16-22(20)30-24(32)17(8-2)9-3/h7-8,11-17,21,29H,1-2,9-10H2,3-6H3,(H,30,32)(H,31,35)(H,33,34)/t17?,21-/m0/s1. The molecule has 0 fully saturated rings. The monoisotopic (exact) mass is 494 g/mol. The number of carboxylic acid groups (broad SMARTS) is 1. The quantitative estimate of drug-likeness (QED) is 0.294. The molecule has 2 aromatic rings. The summed E-state index contributed by atoms with van der Waals surface area (Å²) in [7, 11) is 0. The van der Waals surface area contributed by atoms with E-state index in [-0.39, 0.29) is 5.91 Å². The number of hydrogen-bond donors (Lipinski definition) is 4. The molecule has 0 aliphatic rings. The number of aromatic nitrogens is 1. The number of alkyl carbamates (subject to hydrolysis) is 1. The second kappa shape index (κ2) is 12.5. The molecule has 2 rings (SSSR count). The molecule has 0 aliphatic carbocycles. The van der Waals surface area contributed by atoms with Gasteiger partial charge in [0.2, 0.25) is 5.91 Å². The second-order valence-electron chi connectivity index (χ2n) is 9.12. The van der Waals surface area contributed by atoms with Crippen LogP contribution in [0.15, 0.2) is 61.8 Å². The molecule has 1 aromatic carbocycles. The number of carbonyl (C=O) groups is 3. The van der Waals surface area contributed by atoms with Crippen molar-refractivity contribution < 1.29 is 24.2 Å². The third kappa shape index (κ3) is 8.26. The number of rotatable bonds is 10. The zero-order chi connectivity index (χ0) is 26.9. The van der Waals surface area contributed by atoms with Crippen LogP contribution >= 0.6 is 0 Å². The van der Waals surface area contributed by atoms with Crippen LogP contribution < -0.4 is 16.0 Å². The Morgan fingerprint density at radius 1 is 1.14 bits per heavy atom. The van der Waals surface area contributed by atoms with Crippen molar-refractivity contribution in [3.8, 4) is 11.1 Å². The summed E-state index contributed by atoms with van der Waals surface area (Å²) in [6, 6.07) is 7.93. The number of benzene rings is 1. The molecule has 1 aromatic heterocycles. The normalized spacial score (nSPS) is 12.6. The van der Waals surface area contributed by atoms with Gasteiger partial charge in [0, 0.05) is 17.4 Å². The van der Waals surface area contributed by atoms with Gasteiger partial charge in [-0.3, -0.25) is 15.1 Å². The van der Waals surface area contributed by atoms with Crippen LogP contribution in [0.2, 0.25) is 0 Å². The predicted molar refractivity (Wildman–Crippen MR) is 141 cm³/mol. The topological polar surface area (TPSA) is 130 Å². The van der Waals surface area contributed by atoms with Crippen molar-refractivity contribution in [3.05, 3.63) is 67.5 Å². The van der Waals surface area contributed by atoms with Gasteiger partial charge in [-0.25, -0.2) is 9.59 Å². The van der Waals surface area contributed by atoms with Crippen LogP contribution in [-0.2, 0) is 9.53 Å². The van der Waals surface area contributed by atoms with Crippen LogP contribution in [0.5, 0.6) is 0 Å². The molecule has 0 aliphatic heterocycles. The first-order chi connectivity index (χ1) is 17.0. The highest BCUT2D eigenvalue weighted by Crippen LogP contribution is 2.33. The second-order valence-corrected chi connectivity index (χ2v) is 9.12. The van der Waals surface area contributed by atoms with Gasteiger partial charge in [-0.1, -0.05) is 25.1 Å². The first kappa shape index (κ1) is 28.1. The summed E-state index contributed by atoms with van der Waals surface area (Å²) in [4.78, 5) is 40.7. The number of hydrogen-bond acceptors (Lipinski definition) is 5. The van der Waals surface area contributed by atoms with Crippen LogP contribution in [0.25, 0.3) is 11.1 Å². The lowest BCUT2D eigenvalue weighted by molar-refractivity contribution is -0.118. The largest absolute Gasteiger partial charge is 0.465 e. The number of ether oxygens (including phenoxy) is 1. The van der Waals surface area contributed by atoms with Gasteiger partial charge in [0.05, 0.1) is 23.3 Å². The van der Waals surface area contributed by atoms with E-state index in [0.29, 0.717) is 41.0 Å². The minimum absolute atomic E-state index is 0.258. The Hall–Kier alpha value is -4.14. The molecule has 0 radical (unpaired) electrons. The molecule has 1 unspecified atom stereocenters. The Morgan fingerprint density at radius 3 is 2.44 bits per heavy atom. The Balaban J connectivity index is 2.47. The average Bonchev–Trinajstić information content (AvgIpc) is 2.78. The van der Waals surface area contributed by atoms with E-state index in [1.54, 1.807) is 69.5 Å². The fourth-order valence-electron chi connectivity index (χ4n) is 3.46. The zero-order valence-corrected chi connectivity index (χ0v) is 21.1. The maximum absolute atomic E-state index is 12.8. The number of nitrogens with one attached hydrogen (secondary N) is 3. The van der Waals surface area contributed by atoms with Gasteiger partial charge in [0.1, 0.15) is 5.60 Å². The van der Waals surface area contributed by atoms with E-state index >= 15 is 0 Å². The molecular weight excluding hydrogens is 460 g/mol. The van der Waals surface area contributed by atoms with Gasteiger partial charge in [-0.2, -0.15) is 0 Å². The molecule has 192 valence electrons. The minimum atomic E-state index is -1.22. The first-order valence-corrected chi connectivity index (χ1v) is 11.6. The fraction of sp³-hybridized carbons (Fsp3) is 0.333. The number of amides is 3. The lowest BCUT2D eigenvalue weighted by Gasteiger charge is -2.23. The number of anilines is 2. The molecule has 2 atom stereocenters. The van der Waals surface area contributed by atoms with E-state index in [9.17, 15) is 14.4 Å². The van der Waals surface area contributed by atoms with E-state index in [0.717, 1.165) is 0 Å². The highest BCUT2D eigenvalue weighted by molar-refractivity contribution is 5.99. The van der Waals surface area contributed by atoms with Crippen molar-refractivity contribution in [3.63, 3.8) is 0 Å².